The first-order chi connectivity index (χ1) is 14.7. The lowest BCUT2D eigenvalue weighted by atomic mass is 9.87. The van der Waals surface area contributed by atoms with Crippen molar-refractivity contribution in [1.82, 2.24) is 10.2 Å². The van der Waals surface area contributed by atoms with Crippen molar-refractivity contribution in [3.05, 3.63) is 65.7 Å². The Morgan fingerprint density at radius 1 is 1.03 bits per heavy atom. The summed E-state index contributed by atoms with van der Waals surface area (Å²) in [5, 5.41) is 2.92. The highest BCUT2D eigenvalue weighted by Crippen LogP contribution is 2.24. The van der Waals surface area contributed by atoms with Gasteiger partial charge in [-0.1, -0.05) is 76.6 Å². The fourth-order valence-corrected chi connectivity index (χ4v) is 3.18. The van der Waals surface area contributed by atoms with Gasteiger partial charge in [-0.15, -0.1) is 0 Å². The summed E-state index contributed by atoms with van der Waals surface area (Å²) in [6.07, 6.45) is 1.92. The zero-order valence-electron chi connectivity index (χ0n) is 19.5. The van der Waals surface area contributed by atoms with Gasteiger partial charge in [-0.25, -0.2) is 0 Å². The van der Waals surface area contributed by atoms with Crippen molar-refractivity contribution in [3.63, 3.8) is 0 Å². The van der Waals surface area contributed by atoms with Crippen LogP contribution < -0.4 is 10.1 Å². The number of unbranched alkanes of at least 4 members (excludes halogenated alkanes) is 1. The second-order valence-corrected chi connectivity index (χ2v) is 8.89. The minimum absolute atomic E-state index is 0.0569. The molecule has 2 aromatic carbocycles. The topological polar surface area (TPSA) is 58.6 Å². The number of carbonyl (C=O) groups excluding carboxylic acids is 2. The van der Waals surface area contributed by atoms with Crippen LogP contribution in [-0.2, 0) is 21.5 Å². The predicted octanol–water partition coefficient (Wildman–Crippen LogP) is 4.70. The molecule has 31 heavy (non-hydrogen) atoms. The number of hydrogen-bond acceptors (Lipinski definition) is 3. The zero-order valence-corrected chi connectivity index (χ0v) is 19.5. The molecule has 2 rings (SSSR count). The maximum Gasteiger partial charge on any atom is 0.261 e. The van der Waals surface area contributed by atoms with Gasteiger partial charge in [0.2, 0.25) is 5.91 Å². The van der Waals surface area contributed by atoms with Crippen LogP contribution in [0.4, 0.5) is 0 Å². The average molecular weight is 425 g/mol. The summed E-state index contributed by atoms with van der Waals surface area (Å²) in [5.41, 5.74) is 2.23. The molecule has 5 heteroatoms. The van der Waals surface area contributed by atoms with E-state index in [0.717, 1.165) is 18.4 Å². The van der Waals surface area contributed by atoms with Gasteiger partial charge >= 0.3 is 0 Å². The van der Waals surface area contributed by atoms with Crippen LogP contribution in [0.3, 0.4) is 0 Å². The molecule has 0 aliphatic heterocycles. The van der Waals surface area contributed by atoms with E-state index >= 15 is 0 Å². The number of rotatable bonds is 10. The zero-order chi connectivity index (χ0) is 22.9. The fourth-order valence-electron chi connectivity index (χ4n) is 3.18. The maximum absolute atomic E-state index is 13.0. The summed E-state index contributed by atoms with van der Waals surface area (Å²) in [7, 11) is 0. The Kier molecular flexibility index (Phi) is 9.10. The average Bonchev–Trinajstić information content (AvgIpc) is 2.76. The summed E-state index contributed by atoms with van der Waals surface area (Å²) < 4.78 is 5.76. The number of amides is 2. The van der Waals surface area contributed by atoms with E-state index in [1.165, 1.54) is 5.56 Å². The lowest BCUT2D eigenvalue weighted by Gasteiger charge is -2.28. The van der Waals surface area contributed by atoms with E-state index in [1.807, 2.05) is 54.6 Å². The Balaban J connectivity index is 2.07. The lowest BCUT2D eigenvalue weighted by Crippen LogP contribution is -2.49. The van der Waals surface area contributed by atoms with Crippen LogP contribution in [0.5, 0.6) is 5.75 Å². The van der Waals surface area contributed by atoms with E-state index in [4.69, 9.17) is 4.74 Å². The summed E-state index contributed by atoms with van der Waals surface area (Å²) in [4.78, 5) is 27.2. The predicted molar refractivity (Wildman–Crippen MR) is 125 cm³/mol. The lowest BCUT2D eigenvalue weighted by molar-refractivity contribution is -0.142. The number of carbonyl (C=O) groups is 2. The molecule has 0 radical (unpaired) electrons. The quantitative estimate of drug-likeness (QED) is 0.563. The van der Waals surface area contributed by atoms with Gasteiger partial charge in [-0.2, -0.15) is 0 Å². The second-order valence-electron chi connectivity index (χ2n) is 8.89. The number of ether oxygens (including phenoxy) is 1. The molecule has 0 aliphatic rings. The Morgan fingerprint density at radius 3 is 2.26 bits per heavy atom. The van der Waals surface area contributed by atoms with Crippen LogP contribution in [0.25, 0.3) is 0 Å². The smallest absolute Gasteiger partial charge is 0.261 e. The molecule has 2 aromatic rings. The SMILES string of the molecule is CCCCNC(=O)[C@@H](C)N(Cc1ccccc1)C(=O)COc1ccc(C(C)(C)C)cc1. The Bertz CT molecular complexity index is 826. The van der Waals surface area contributed by atoms with Crippen molar-refractivity contribution in [1.29, 1.82) is 0 Å². The van der Waals surface area contributed by atoms with Crippen LogP contribution >= 0.6 is 0 Å². The second kappa shape index (κ2) is 11.5. The van der Waals surface area contributed by atoms with Crippen molar-refractivity contribution < 1.29 is 14.3 Å². The van der Waals surface area contributed by atoms with Crippen molar-refractivity contribution >= 4 is 11.8 Å². The van der Waals surface area contributed by atoms with Gasteiger partial charge in [-0.3, -0.25) is 9.59 Å². The molecule has 168 valence electrons. The first-order valence-electron chi connectivity index (χ1n) is 11.1. The highest BCUT2D eigenvalue weighted by atomic mass is 16.5. The largest absolute Gasteiger partial charge is 0.484 e. The van der Waals surface area contributed by atoms with Crippen molar-refractivity contribution in [2.24, 2.45) is 0 Å². The summed E-state index contributed by atoms with van der Waals surface area (Å²) in [5.74, 6) is 0.273. The monoisotopic (exact) mass is 424 g/mol. The molecule has 0 aliphatic carbocycles. The molecule has 1 atom stereocenters. The van der Waals surface area contributed by atoms with Crippen molar-refractivity contribution in [3.8, 4) is 5.75 Å². The van der Waals surface area contributed by atoms with Gasteiger partial charge in [-0.05, 0) is 42.0 Å². The highest BCUT2D eigenvalue weighted by molar-refractivity contribution is 5.87. The Morgan fingerprint density at radius 2 is 1.68 bits per heavy atom. The van der Waals surface area contributed by atoms with Crippen LogP contribution in [0.1, 0.15) is 58.6 Å². The van der Waals surface area contributed by atoms with Gasteiger partial charge in [0.15, 0.2) is 6.61 Å². The maximum atomic E-state index is 13.0. The summed E-state index contributed by atoms with van der Waals surface area (Å²) >= 11 is 0. The van der Waals surface area contributed by atoms with Crippen molar-refractivity contribution in [2.45, 2.75) is 65.5 Å². The minimum atomic E-state index is -0.587. The minimum Gasteiger partial charge on any atom is -0.484 e. The van der Waals surface area contributed by atoms with E-state index in [1.54, 1.807) is 11.8 Å². The first-order valence-corrected chi connectivity index (χ1v) is 11.1. The van der Waals surface area contributed by atoms with E-state index in [-0.39, 0.29) is 23.8 Å². The molecule has 2 amide bonds. The fraction of sp³-hybridized carbons (Fsp3) is 0.462. The van der Waals surface area contributed by atoms with E-state index in [2.05, 4.69) is 33.0 Å². The van der Waals surface area contributed by atoms with Gasteiger partial charge < -0.3 is 15.0 Å². The summed E-state index contributed by atoms with van der Waals surface area (Å²) in [6, 6.07) is 16.9. The van der Waals surface area contributed by atoms with Gasteiger partial charge in [0.1, 0.15) is 11.8 Å². The summed E-state index contributed by atoms with van der Waals surface area (Å²) in [6.45, 7) is 11.2. The molecule has 0 spiro atoms. The van der Waals surface area contributed by atoms with E-state index < -0.39 is 6.04 Å². The Hall–Kier alpha value is -2.82. The molecule has 0 saturated heterocycles. The molecule has 0 heterocycles. The molecule has 5 nitrogen and oxygen atoms in total. The normalized spacial score (nSPS) is 12.2. The molecule has 0 bridgehead atoms. The van der Waals surface area contributed by atoms with Gasteiger partial charge in [0.25, 0.3) is 5.91 Å². The van der Waals surface area contributed by atoms with E-state index in [9.17, 15) is 9.59 Å². The molecule has 0 saturated carbocycles. The van der Waals surface area contributed by atoms with E-state index in [0.29, 0.717) is 18.8 Å². The third-order valence-corrected chi connectivity index (χ3v) is 5.28. The number of benzene rings is 2. The third kappa shape index (κ3) is 7.74. The van der Waals surface area contributed by atoms with Crippen molar-refractivity contribution in [2.75, 3.05) is 13.2 Å². The van der Waals surface area contributed by atoms with Crippen LogP contribution in [0, 0.1) is 0 Å². The molecular formula is C26H36N2O3. The third-order valence-electron chi connectivity index (χ3n) is 5.28. The van der Waals surface area contributed by atoms with Gasteiger partial charge in [0.05, 0.1) is 0 Å². The number of hydrogen-bond donors (Lipinski definition) is 1. The number of nitrogens with zero attached hydrogens (tertiary/aromatic N) is 1. The van der Waals surface area contributed by atoms with Crippen LogP contribution in [0.15, 0.2) is 54.6 Å². The number of nitrogens with one attached hydrogen (secondary N) is 1. The standard InChI is InChI=1S/C26H36N2O3/c1-6-7-17-27-25(30)20(2)28(18-21-11-9-8-10-12-21)24(29)19-31-23-15-13-22(14-16-23)26(3,4)5/h8-16,20H,6-7,17-19H2,1-5H3,(H,27,30)/t20-/m1/s1. The molecule has 0 unspecified atom stereocenters. The molecule has 0 aromatic heterocycles. The molecular weight excluding hydrogens is 388 g/mol. The highest BCUT2D eigenvalue weighted by Gasteiger charge is 2.26. The first kappa shape index (κ1) is 24.4. The van der Waals surface area contributed by atoms with Gasteiger partial charge in [0, 0.05) is 13.1 Å². The molecule has 0 fully saturated rings. The van der Waals surface area contributed by atoms with Crippen LogP contribution in [0.2, 0.25) is 0 Å². The van der Waals surface area contributed by atoms with Crippen LogP contribution in [-0.4, -0.2) is 35.9 Å². The Labute approximate surface area is 186 Å². The molecule has 1 N–H and O–H groups in total.